The number of hydrogen-bond donors (Lipinski definition) is 5. The molecule has 35 heavy (non-hydrogen) atoms. The van der Waals surface area contributed by atoms with Crippen LogP contribution < -0.4 is 21.7 Å². The lowest BCUT2D eigenvalue weighted by Crippen LogP contribution is -2.56. The summed E-state index contributed by atoms with van der Waals surface area (Å²) in [5, 5.41) is 18.8. The van der Waals surface area contributed by atoms with Crippen LogP contribution in [0.4, 0.5) is 0 Å². The van der Waals surface area contributed by atoms with E-state index in [0.717, 1.165) is 11.1 Å². The Morgan fingerprint density at radius 1 is 0.857 bits per heavy atom. The van der Waals surface area contributed by atoms with Crippen LogP contribution in [0.1, 0.15) is 37.8 Å². The van der Waals surface area contributed by atoms with Crippen molar-refractivity contribution >= 4 is 23.6 Å². The van der Waals surface area contributed by atoms with Gasteiger partial charge >= 0.3 is 0 Å². The van der Waals surface area contributed by atoms with E-state index in [4.69, 9.17) is 5.73 Å². The first-order chi connectivity index (χ1) is 16.7. The highest BCUT2D eigenvalue weighted by Gasteiger charge is 2.31. The van der Waals surface area contributed by atoms with Gasteiger partial charge in [-0.2, -0.15) is 0 Å². The summed E-state index contributed by atoms with van der Waals surface area (Å²) in [5.74, 6) is -2.62. The molecular weight excluding hydrogens is 448 g/mol. The van der Waals surface area contributed by atoms with Crippen molar-refractivity contribution in [1.82, 2.24) is 16.0 Å². The van der Waals surface area contributed by atoms with Gasteiger partial charge in [-0.15, -0.1) is 0 Å². The Bertz CT molecular complexity index is 982. The van der Waals surface area contributed by atoms with Crippen molar-refractivity contribution in [2.24, 2.45) is 11.7 Å². The predicted molar refractivity (Wildman–Crippen MR) is 132 cm³/mol. The lowest BCUT2D eigenvalue weighted by Gasteiger charge is -2.27. The van der Waals surface area contributed by atoms with E-state index in [1.807, 2.05) is 74.5 Å². The summed E-state index contributed by atoms with van der Waals surface area (Å²) in [4.78, 5) is 49.0. The van der Waals surface area contributed by atoms with Gasteiger partial charge < -0.3 is 26.8 Å². The van der Waals surface area contributed by atoms with Gasteiger partial charge in [0, 0.05) is 6.54 Å². The average molecular weight is 483 g/mol. The number of carbonyl (C=O) groups excluding carboxylic acids is 4. The molecule has 9 heteroatoms. The molecule has 0 saturated carbocycles. The van der Waals surface area contributed by atoms with Gasteiger partial charge in [-0.05, 0) is 29.9 Å². The van der Waals surface area contributed by atoms with Crippen LogP contribution in [-0.4, -0.2) is 46.9 Å². The van der Waals surface area contributed by atoms with Crippen molar-refractivity contribution in [2.45, 2.75) is 57.8 Å². The van der Waals surface area contributed by atoms with Gasteiger partial charge in [0.2, 0.25) is 17.7 Å². The van der Waals surface area contributed by atoms with Crippen LogP contribution in [0.25, 0.3) is 0 Å². The molecule has 6 N–H and O–H groups in total. The van der Waals surface area contributed by atoms with E-state index in [9.17, 15) is 24.3 Å². The van der Waals surface area contributed by atoms with Crippen molar-refractivity contribution in [3.05, 3.63) is 71.8 Å². The molecule has 4 amide bonds. The second kappa shape index (κ2) is 13.9. The summed E-state index contributed by atoms with van der Waals surface area (Å²) in [6.45, 7) is 3.99. The lowest BCUT2D eigenvalue weighted by molar-refractivity contribution is -0.135. The molecule has 2 aromatic carbocycles. The van der Waals surface area contributed by atoms with Gasteiger partial charge in [-0.25, -0.2) is 0 Å². The highest BCUT2D eigenvalue weighted by Crippen LogP contribution is 2.11. The fraction of sp³-hybridized carbons (Fsp3) is 0.385. The minimum absolute atomic E-state index is 0.0475. The Hall–Kier alpha value is -3.72. The topological polar surface area (TPSA) is 151 Å². The number of nitrogens with two attached hydrogens (primary N) is 1. The van der Waals surface area contributed by atoms with E-state index in [1.54, 1.807) is 0 Å². The molecule has 2 aromatic rings. The first-order valence-electron chi connectivity index (χ1n) is 11.6. The van der Waals surface area contributed by atoms with E-state index in [1.165, 1.54) is 0 Å². The Morgan fingerprint density at radius 3 is 1.97 bits per heavy atom. The molecule has 0 aromatic heterocycles. The first kappa shape index (κ1) is 27.5. The highest BCUT2D eigenvalue weighted by molar-refractivity contribution is 5.98. The third kappa shape index (κ3) is 9.97. The minimum atomic E-state index is -1.54. The van der Waals surface area contributed by atoms with Crippen molar-refractivity contribution in [2.75, 3.05) is 0 Å². The Balaban J connectivity index is 2.15. The molecule has 0 aliphatic carbocycles. The van der Waals surface area contributed by atoms with Gasteiger partial charge in [0.15, 0.2) is 6.10 Å². The number of rotatable bonds is 13. The molecule has 0 radical (unpaired) electrons. The zero-order valence-corrected chi connectivity index (χ0v) is 20.1. The molecule has 0 saturated heterocycles. The normalized spacial score (nSPS) is 13.4. The molecule has 0 heterocycles. The van der Waals surface area contributed by atoms with E-state index < -0.39 is 48.2 Å². The van der Waals surface area contributed by atoms with Crippen LogP contribution in [0.15, 0.2) is 60.7 Å². The van der Waals surface area contributed by atoms with Gasteiger partial charge in [0.1, 0.15) is 12.5 Å². The predicted octanol–water partition coefficient (Wildman–Crippen LogP) is 0.798. The summed E-state index contributed by atoms with van der Waals surface area (Å²) in [7, 11) is 0. The molecule has 3 atom stereocenters. The number of benzene rings is 2. The van der Waals surface area contributed by atoms with Crippen LogP contribution >= 0.6 is 0 Å². The summed E-state index contributed by atoms with van der Waals surface area (Å²) in [6.07, 6.45) is -1.59. The summed E-state index contributed by atoms with van der Waals surface area (Å²) in [6, 6.07) is 16.5. The monoisotopic (exact) mass is 482 g/mol. The Kier molecular flexibility index (Phi) is 10.9. The SMILES string of the molecule is CC(C)C[C@H](NC(=O)CC(N)=O)C(=O)N[C@@H](Cc1ccccc1)[C@H](O)C(=O)NCc1ccccc1. The highest BCUT2D eigenvalue weighted by atomic mass is 16.3. The molecule has 0 aliphatic rings. The molecule has 0 unspecified atom stereocenters. The Labute approximate surface area is 205 Å². The molecule has 0 bridgehead atoms. The molecule has 9 nitrogen and oxygen atoms in total. The lowest BCUT2D eigenvalue weighted by atomic mass is 9.98. The fourth-order valence-corrected chi connectivity index (χ4v) is 3.57. The largest absolute Gasteiger partial charge is 0.381 e. The number of aliphatic hydroxyl groups is 1. The Morgan fingerprint density at radius 2 is 1.43 bits per heavy atom. The molecule has 0 aliphatic heterocycles. The van der Waals surface area contributed by atoms with E-state index >= 15 is 0 Å². The zero-order valence-electron chi connectivity index (χ0n) is 20.1. The smallest absolute Gasteiger partial charge is 0.251 e. The van der Waals surface area contributed by atoms with Crippen LogP contribution in [-0.2, 0) is 32.1 Å². The summed E-state index contributed by atoms with van der Waals surface area (Å²) < 4.78 is 0. The number of aliphatic hydroxyl groups excluding tert-OH is 1. The van der Waals surface area contributed by atoms with Gasteiger partial charge in [0.05, 0.1) is 6.04 Å². The van der Waals surface area contributed by atoms with Crippen molar-refractivity contribution in [3.8, 4) is 0 Å². The maximum atomic E-state index is 13.1. The second-order valence-electron chi connectivity index (χ2n) is 8.85. The average Bonchev–Trinajstić information content (AvgIpc) is 2.81. The second-order valence-corrected chi connectivity index (χ2v) is 8.85. The third-order valence-electron chi connectivity index (χ3n) is 5.28. The number of hydrogen-bond acceptors (Lipinski definition) is 5. The molecule has 2 rings (SSSR count). The number of carbonyl (C=O) groups is 4. The quantitative estimate of drug-likeness (QED) is 0.268. The first-order valence-corrected chi connectivity index (χ1v) is 11.6. The van der Waals surface area contributed by atoms with E-state index in [2.05, 4.69) is 16.0 Å². The summed E-state index contributed by atoms with van der Waals surface area (Å²) in [5.41, 5.74) is 6.76. The van der Waals surface area contributed by atoms with E-state index in [0.29, 0.717) is 6.42 Å². The van der Waals surface area contributed by atoms with Gasteiger partial charge in [0.25, 0.3) is 5.91 Å². The fourth-order valence-electron chi connectivity index (χ4n) is 3.57. The van der Waals surface area contributed by atoms with Crippen LogP contribution in [0.5, 0.6) is 0 Å². The van der Waals surface area contributed by atoms with E-state index in [-0.39, 0.29) is 18.9 Å². The minimum Gasteiger partial charge on any atom is -0.381 e. The van der Waals surface area contributed by atoms with Crippen molar-refractivity contribution in [3.63, 3.8) is 0 Å². The zero-order chi connectivity index (χ0) is 25.8. The van der Waals surface area contributed by atoms with Crippen LogP contribution in [0.2, 0.25) is 0 Å². The molecule has 0 fully saturated rings. The number of primary amides is 1. The maximum absolute atomic E-state index is 13.1. The number of nitrogens with one attached hydrogen (secondary N) is 3. The summed E-state index contributed by atoms with van der Waals surface area (Å²) >= 11 is 0. The molecular formula is C26H34N4O5. The van der Waals surface area contributed by atoms with Crippen molar-refractivity contribution in [1.29, 1.82) is 0 Å². The molecule has 188 valence electrons. The van der Waals surface area contributed by atoms with Crippen molar-refractivity contribution < 1.29 is 24.3 Å². The van der Waals surface area contributed by atoms with Crippen LogP contribution in [0.3, 0.4) is 0 Å². The third-order valence-corrected chi connectivity index (χ3v) is 5.28. The van der Waals surface area contributed by atoms with Crippen LogP contribution in [0, 0.1) is 5.92 Å². The maximum Gasteiger partial charge on any atom is 0.251 e. The molecule has 0 spiro atoms. The standard InChI is InChI=1S/C26H34N4O5/c1-17(2)13-21(29-23(32)15-22(27)31)25(34)30-20(14-18-9-5-3-6-10-18)24(33)26(35)28-16-19-11-7-4-8-12-19/h3-12,17,20-21,24,33H,13-16H2,1-2H3,(H2,27,31)(H,28,35)(H,29,32)(H,30,34)/t20-,21-,24-/m0/s1. The number of amides is 4. The van der Waals surface area contributed by atoms with Gasteiger partial charge in [-0.3, -0.25) is 19.2 Å². The van der Waals surface area contributed by atoms with Gasteiger partial charge in [-0.1, -0.05) is 74.5 Å².